The van der Waals surface area contributed by atoms with E-state index in [4.69, 9.17) is 0 Å². The molecule has 0 saturated heterocycles. The summed E-state index contributed by atoms with van der Waals surface area (Å²) in [6.07, 6.45) is 0. The van der Waals surface area contributed by atoms with Gasteiger partial charge in [-0.1, -0.05) is 255 Å². The number of benzene rings is 13. The number of fused-ring (bicyclic) bond motifs is 13. The summed E-state index contributed by atoms with van der Waals surface area (Å²) in [6, 6.07) is 95.0. The molecule has 0 heteroatoms. The van der Waals surface area contributed by atoms with Crippen LogP contribution in [0.1, 0.15) is 0 Å². The SMILES string of the molecule is c1ccc(-c2c(-c3ccccc3)c(-c3ccccc3)c3c(c2-c2ccccc2)-c2c4ccccc4c4c5c(c6ccccc6c-3c25)-c2c-4c(-c3ccccc3)c3ccccc3c2-c2ccccc2)cc1. The minimum Gasteiger partial charge on any atom is -0.0622 e. The van der Waals surface area contributed by atoms with Crippen LogP contribution in [-0.4, -0.2) is 0 Å². The van der Waals surface area contributed by atoms with Crippen LogP contribution in [0.15, 0.2) is 255 Å². The summed E-state index contributed by atoms with van der Waals surface area (Å²) in [5, 5.41) is 10.3. The van der Waals surface area contributed by atoms with Crippen molar-refractivity contribution in [2.75, 3.05) is 0 Å². The van der Waals surface area contributed by atoms with Crippen molar-refractivity contribution in [3.8, 4) is 111 Å². The van der Waals surface area contributed by atoms with Crippen LogP contribution in [0.25, 0.3) is 154 Å². The van der Waals surface area contributed by atoms with Gasteiger partial charge in [-0.15, -0.1) is 0 Å². The maximum Gasteiger partial charge on any atom is -0.0000468 e. The highest BCUT2D eigenvalue weighted by Gasteiger charge is 2.41. The Morgan fingerprint density at radius 2 is 0.271 bits per heavy atom. The van der Waals surface area contributed by atoms with Gasteiger partial charge in [0.15, 0.2) is 0 Å². The van der Waals surface area contributed by atoms with Crippen LogP contribution in [0, 0.1) is 0 Å². The van der Waals surface area contributed by atoms with Gasteiger partial charge in [-0.3, -0.25) is 0 Å². The molecule has 0 N–H and O–H groups in total. The van der Waals surface area contributed by atoms with Crippen LogP contribution in [0.4, 0.5) is 0 Å². The van der Waals surface area contributed by atoms with Crippen molar-refractivity contribution < 1.29 is 0 Å². The minimum atomic E-state index is 1.20. The predicted molar refractivity (Wildman–Crippen MR) is 298 cm³/mol. The van der Waals surface area contributed by atoms with E-state index in [1.54, 1.807) is 0 Å². The van der Waals surface area contributed by atoms with Gasteiger partial charge in [0.25, 0.3) is 0 Å². The van der Waals surface area contributed by atoms with Gasteiger partial charge < -0.3 is 0 Å². The largest absolute Gasteiger partial charge is 0.0622 e. The second-order valence-electron chi connectivity index (χ2n) is 18.8. The summed E-state index contributed by atoms with van der Waals surface area (Å²) in [5.41, 5.74) is 25.4. The molecule has 2 aliphatic rings. The highest BCUT2D eigenvalue weighted by atomic mass is 14.4. The second-order valence-corrected chi connectivity index (χ2v) is 18.8. The average molecular weight is 883 g/mol. The lowest BCUT2D eigenvalue weighted by molar-refractivity contribution is 1.55. The fraction of sp³-hybridized carbons (Fsp3) is 0. The molecule has 0 aromatic heterocycles. The van der Waals surface area contributed by atoms with Gasteiger partial charge in [-0.2, -0.15) is 0 Å². The lowest BCUT2D eigenvalue weighted by Gasteiger charge is -2.27. The van der Waals surface area contributed by atoms with Crippen molar-refractivity contribution >= 4 is 43.1 Å². The molecule has 2 aliphatic carbocycles. The lowest BCUT2D eigenvalue weighted by Crippen LogP contribution is -2.00. The van der Waals surface area contributed by atoms with E-state index >= 15 is 0 Å². The first kappa shape index (κ1) is 38.9. The Morgan fingerprint density at radius 1 is 0.114 bits per heavy atom. The Labute approximate surface area is 407 Å². The van der Waals surface area contributed by atoms with Crippen LogP contribution in [-0.2, 0) is 0 Å². The molecule has 0 radical (unpaired) electrons. The van der Waals surface area contributed by atoms with Gasteiger partial charge in [0.2, 0.25) is 0 Å². The van der Waals surface area contributed by atoms with Crippen LogP contribution >= 0.6 is 0 Å². The maximum atomic E-state index is 2.41. The van der Waals surface area contributed by atoms with Crippen molar-refractivity contribution in [1.82, 2.24) is 0 Å². The third-order valence-corrected chi connectivity index (χ3v) is 15.3. The maximum absolute atomic E-state index is 2.41. The third-order valence-electron chi connectivity index (χ3n) is 15.3. The number of hydrogen-bond donors (Lipinski definition) is 0. The molecule has 0 unspecified atom stereocenters. The van der Waals surface area contributed by atoms with Crippen LogP contribution < -0.4 is 0 Å². The van der Waals surface area contributed by atoms with Gasteiger partial charge in [0, 0.05) is 0 Å². The van der Waals surface area contributed by atoms with Gasteiger partial charge in [0.1, 0.15) is 0 Å². The van der Waals surface area contributed by atoms with E-state index < -0.39 is 0 Å². The van der Waals surface area contributed by atoms with Gasteiger partial charge >= 0.3 is 0 Å². The fourth-order valence-corrected chi connectivity index (χ4v) is 12.7. The normalized spacial score (nSPS) is 12.0. The van der Waals surface area contributed by atoms with Crippen LogP contribution in [0.3, 0.4) is 0 Å². The first-order chi connectivity index (χ1) is 34.8. The van der Waals surface area contributed by atoms with Crippen molar-refractivity contribution in [2.45, 2.75) is 0 Å². The first-order valence-electron chi connectivity index (χ1n) is 24.4. The molecule has 322 valence electrons. The minimum absolute atomic E-state index is 1.20. The smallest absolute Gasteiger partial charge is 0.0000468 e. The molecule has 13 aromatic rings. The van der Waals surface area contributed by atoms with Crippen LogP contribution in [0.2, 0.25) is 0 Å². The van der Waals surface area contributed by atoms with Gasteiger partial charge in [-0.05, 0) is 154 Å². The summed E-state index contributed by atoms with van der Waals surface area (Å²) in [4.78, 5) is 0. The van der Waals surface area contributed by atoms with E-state index in [9.17, 15) is 0 Å². The zero-order chi connectivity index (χ0) is 45.9. The molecule has 0 saturated carbocycles. The lowest BCUT2D eigenvalue weighted by atomic mass is 9.76. The summed E-state index contributed by atoms with van der Waals surface area (Å²) >= 11 is 0. The Kier molecular flexibility index (Phi) is 8.46. The van der Waals surface area contributed by atoms with E-state index in [-0.39, 0.29) is 0 Å². The number of hydrogen-bond acceptors (Lipinski definition) is 0. The van der Waals surface area contributed by atoms with E-state index in [0.717, 1.165) is 0 Å². The average Bonchev–Trinajstić information content (AvgIpc) is 3.98. The van der Waals surface area contributed by atoms with E-state index in [2.05, 4.69) is 255 Å². The molecule has 15 rings (SSSR count). The number of rotatable bonds is 6. The molecule has 0 heterocycles. The molecule has 13 aromatic carbocycles. The Hall–Kier alpha value is -9.10. The van der Waals surface area contributed by atoms with Crippen molar-refractivity contribution in [3.63, 3.8) is 0 Å². The van der Waals surface area contributed by atoms with Gasteiger partial charge in [0.05, 0.1) is 0 Å². The molecular weight excluding hydrogens is 841 g/mol. The quantitative estimate of drug-likeness (QED) is 0.146. The Morgan fingerprint density at radius 3 is 0.500 bits per heavy atom. The molecule has 0 aliphatic heterocycles. The molecule has 0 amide bonds. The first-order valence-corrected chi connectivity index (χ1v) is 24.4. The molecular formula is C70H42. The van der Waals surface area contributed by atoms with Crippen molar-refractivity contribution in [3.05, 3.63) is 255 Å². The highest BCUT2D eigenvalue weighted by Crippen LogP contribution is 2.69. The zero-order valence-electron chi connectivity index (χ0n) is 38.2. The summed E-state index contributed by atoms with van der Waals surface area (Å²) in [7, 11) is 0. The van der Waals surface area contributed by atoms with Gasteiger partial charge in [-0.25, -0.2) is 0 Å². The molecule has 0 nitrogen and oxygen atoms in total. The molecule has 0 fully saturated rings. The zero-order valence-corrected chi connectivity index (χ0v) is 38.2. The Bertz CT molecular complexity index is 3990. The Balaban J connectivity index is 1.26. The van der Waals surface area contributed by atoms with Crippen molar-refractivity contribution in [2.24, 2.45) is 0 Å². The molecule has 70 heavy (non-hydrogen) atoms. The third kappa shape index (κ3) is 5.36. The van der Waals surface area contributed by atoms with Crippen molar-refractivity contribution in [1.29, 1.82) is 0 Å². The summed E-state index contributed by atoms with van der Waals surface area (Å²) in [6.45, 7) is 0. The highest BCUT2D eigenvalue weighted by molar-refractivity contribution is 6.45. The predicted octanol–water partition coefficient (Wildman–Crippen LogP) is 19.6. The molecule has 0 bridgehead atoms. The van der Waals surface area contributed by atoms with Crippen LogP contribution in [0.5, 0.6) is 0 Å². The summed E-state index contributed by atoms with van der Waals surface area (Å²) < 4.78 is 0. The van der Waals surface area contributed by atoms with E-state index in [0.29, 0.717) is 0 Å². The fourth-order valence-electron chi connectivity index (χ4n) is 12.7. The van der Waals surface area contributed by atoms with E-state index in [1.807, 2.05) is 0 Å². The van der Waals surface area contributed by atoms with E-state index in [1.165, 1.54) is 154 Å². The second kappa shape index (κ2) is 15.2. The standard InChI is InChI=1S/C70H42/c1-7-25-43(26-8-1)55-49-37-19-20-38-50(49)56(44-27-9-2-10-28-44)66-62-52-40-22-24-42-54(52)64-68-60(48-35-17-6-18-36-48)58(46-31-13-4-14-32-46)57(45-29-11-3-12-30-45)59(47-33-15-5-16-34-47)67(68)63-53-41-23-21-39-51(53)61(65(55)66)69(62)70(63)64/h1-42H. The molecule has 0 spiro atoms. The monoisotopic (exact) mass is 882 g/mol. The molecule has 0 atom stereocenters. The topological polar surface area (TPSA) is 0 Å². The summed E-state index contributed by atoms with van der Waals surface area (Å²) in [5.74, 6) is 0.